The van der Waals surface area contributed by atoms with E-state index in [4.69, 9.17) is 18.8 Å². The van der Waals surface area contributed by atoms with Gasteiger partial charge in [0.05, 0.1) is 30.5 Å². The number of benzene rings is 1. The van der Waals surface area contributed by atoms with Gasteiger partial charge in [-0.2, -0.15) is 0 Å². The molecule has 2 rings (SSSR count). The van der Waals surface area contributed by atoms with Gasteiger partial charge in [0.2, 0.25) is 0 Å². The number of hydrogen-bond acceptors (Lipinski definition) is 4. The molecule has 0 amide bonds. The number of methoxy groups -OCH3 is 1. The van der Waals surface area contributed by atoms with Gasteiger partial charge in [-0.3, -0.25) is 0 Å². The van der Waals surface area contributed by atoms with Crippen LogP contribution in [-0.2, 0) is 14.0 Å². The Bertz CT molecular complexity index is 722. The minimum absolute atomic E-state index is 0.102. The molecule has 0 spiro atoms. The van der Waals surface area contributed by atoms with Gasteiger partial charge in [-0.1, -0.05) is 6.07 Å². The van der Waals surface area contributed by atoms with Crippen molar-refractivity contribution >= 4 is 12.7 Å². The Balaban J connectivity index is 2.39. The molecular weight excluding hydrogens is 365 g/mol. The van der Waals surface area contributed by atoms with Crippen LogP contribution in [0, 0.1) is 5.82 Å². The SMILES string of the molecule is COc1ccc(C(CCOC(C)(C)C)=C(F)B2OC(C)(C)C(C)(C)O2)cc1F. The van der Waals surface area contributed by atoms with Crippen molar-refractivity contribution in [1.29, 1.82) is 0 Å². The predicted octanol–water partition coefficient (Wildman–Crippen LogP) is 5.35. The average molecular weight is 396 g/mol. The molecule has 0 radical (unpaired) electrons. The maximum atomic E-state index is 15.5. The zero-order valence-corrected chi connectivity index (χ0v) is 18.1. The average Bonchev–Trinajstić information content (AvgIpc) is 2.78. The molecule has 1 aliphatic rings. The fraction of sp³-hybridized carbons (Fsp3) is 0.619. The lowest BCUT2D eigenvalue weighted by Crippen LogP contribution is -2.41. The Morgan fingerprint density at radius 1 is 1.11 bits per heavy atom. The molecule has 0 aromatic heterocycles. The number of hydrogen-bond donors (Lipinski definition) is 0. The van der Waals surface area contributed by atoms with Gasteiger partial charge < -0.3 is 18.8 Å². The van der Waals surface area contributed by atoms with Crippen molar-refractivity contribution in [3.8, 4) is 5.75 Å². The Hall–Kier alpha value is -1.44. The molecule has 1 aromatic carbocycles. The van der Waals surface area contributed by atoms with Gasteiger partial charge in [-0.25, -0.2) is 8.78 Å². The Morgan fingerprint density at radius 3 is 2.14 bits per heavy atom. The molecule has 0 N–H and O–H groups in total. The van der Waals surface area contributed by atoms with E-state index in [0.29, 0.717) is 11.1 Å². The molecule has 1 fully saturated rings. The summed E-state index contributed by atoms with van der Waals surface area (Å²) >= 11 is 0. The van der Waals surface area contributed by atoms with E-state index in [2.05, 4.69) is 0 Å². The highest BCUT2D eigenvalue weighted by Crippen LogP contribution is 2.41. The van der Waals surface area contributed by atoms with Gasteiger partial charge in [0.25, 0.3) is 0 Å². The first-order chi connectivity index (χ1) is 12.8. The summed E-state index contributed by atoms with van der Waals surface area (Å²) in [5, 5.41) is 0. The van der Waals surface area contributed by atoms with Crippen LogP contribution in [0.2, 0.25) is 0 Å². The molecule has 0 aliphatic carbocycles. The summed E-state index contributed by atoms with van der Waals surface area (Å²) in [4.78, 5) is 0. The minimum Gasteiger partial charge on any atom is -0.494 e. The molecule has 1 saturated heterocycles. The monoisotopic (exact) mass is 396 g/mol. The molecule has 0 bridgehead atoms. The second-order valence-electron chi connectivity index (χ2n) is 8.97. The zero-order valence-electron chi connectivity index (χ0n) is 18.1. The van der Waals surface area contributed by atoms with Crippen molar-refractivity contribution in [2.45, 2.75) is 71.7 Å². The standard InChI is InChI=1S/C21H31BF2O4/c1-19(2,3)26-12-11-15(14-9-10-17(25-8)16(23)13-14)18(24)22-27-20(4,5)21(6,7)28-22/h9-10,13H,11-12H2,1-8H3. The van der Waals surface area contributed by atoms with Gasteiger partial charge >= 0.3 is 7.12 Å². The lowest BCUT2D eigenvalue weighted by Gasteiger charge is -2.32. The highest BCUT2D eigenvalue weighted by Gasteiger charge is 2.53. The van der Waals surface area contributed by atoms with E-state index in [1.165, 1.54) is 19.2 Å². The van der Waals surface area contributed by atoms with Crippen LogP contribution in [0.25, 0.3) is 5.57 Å². The van der Waals surface area contributed by atoms with Crippen molar-refractivity contribution in [2.24, 2.45) is 0 Å². The first-order valence-corrected chi connectivity index (χ1v) is 9.49. The smallest absolute Gasteiger partial charge is 0.494 e. The fourth-order valence-electron chi connectivity index (χ4n) is 2.80. The molecule has 1 aromatic rings. The summed E-state index contributed by atoms with van der Waals surface area (Å²) in [6, 6.07) is 4.36. The van der Waals surface area contributed by atoms with E-state index in [1.807, 2.05) is 48.5 Å². The van der Waals surface area contributed by atoms with Crippen molar-refractivity contribution < 1.29 is 27.6 Å². The van der Waals surface area contributed by atoms with E-state index in [9.17, 15) is 4.39 Å². The van der Waals surface area contributed by atoms with Crippen LogP contribution in [0.4, 0.5) is 8.78 Å². The van der Waals surface area contributed by atoms with Gasteiger partial charge in [0, 0.05) is 0 Å². The molecule has 0 atom stereocenters. The summed E-state index contributed by atoms with van der Waals surface area (Å²) in [5.41, 5.74) is -1.58. The van der Waals surface area contributed by atoms with Crippen LogP contribution in [0.3, 0.4) is 0 Å². The fourth-order valence-corrected chi connectivity index (χ4v) is 2.80. The summed E-state index contributed by atoms with van der Waals surface area (Å²) in [6.45, 7) is 13.5. The van der Waals surface area contributed by atoms with Crippen LogP contribution in [0.5, 0.6) is 5.75 Å². The molecule has 1 heterocycles. The normalized spacial score (nSPS) is 19.6. The molecule has 0 saturated carbocycles. The maximum Gasteiger partial charge on any atom is 0.525 e. The molecule has 4 nitrogen and oxygen atoms in total. The second kappa shape index (κ2) is 8.13. The molecule has 1 aliphatic heterocycles. The Labute approximate surface area is 167 Å². The van der Waals surface area contributed by atoms with Crippen LogP contribution < -0.4 is 4.74 Å². The van der Waals surface area contributed by atoms with E-state index in [1.54, 1.807) is 6.07 Å². The highest BCUT2D eigenvalue weighted by atomic mass is 19.1. The van der Waals surface area contributed by atoms with Gasteiger partial charge in [-0.15, -0.1) is 0 Å². The number of halogens is 2. The molecule has 156 valence electrons. The predicted molar refractivity (Wildman–Crippen MR) is 107 cm³/mol. The van der Waals surface area contributed by atoms with E-state index < -0.39 is 29.9 Å². The topological polar surface area (TPSA) is 36.9 Å². The van der Waals surface area contributed by atoms with E-state index in [-0.39, 0.29) is 24.4 Å². The van der Waals surface area contributed by atoms with Crippen molar-refractivity contribution in [2.75, 3.05) is 13.7 Å². The van der Waals surface area contributed by atoms with Crippen LogP contribution >= 0.6 is 0 Å². The van der Waals surface area contributed by atoms with Gasteiger partial charge in [0.1, 0.15) is 5.73 Å². The molecule has 7 heteroatoms. The van der Waals surface area contributed by atoms with Crippen molar-refractivity contribution in [1.82, 2.24) is 0 Å². The Morgan fingerprint density at radius 2 is 1.68 bits per heavy atom. The largest absolute Gasteiger partial charge is 0.525 e. The number of rotatable bonds is 6. The van der Waals surface area contributed by atoms with E-state index in [0.717, 1.165) is 0 Å². The summed E-state index contributed by atoms with van der Waals surface area (Å²) < 4.78 is 52.1. The van der Waals surface area contributed by atoms with Gasteiger partial charge in [0.15, 0.2) is 11.6 Å². The van der Waals surface area contributed by atoms with Crippen LogP contribution in [0.1, 0.15) is 60.5 Å². The lowest BCUT2D eigenvalue weighted by atomic mass is 9.81. The quantitative estimate of drug-likeness (QED) is 0.608. The molecular formula is C21H31BF2O4. The zero-order chi connectivity index (χ0) is 21.3. The first kappa shape index (κ1) is 22.8. The number of ether oxygens (including phenoxy) is 2. The Kier molecular flexibility index (Phi) is 6.63. The third-order valence-corrected chi connectivity index (χ3v) is 5.14. The minimum atomic E-state index is -1.15. The third-order valence-electron chi connectivity index (χ3n) is 5.14. The summed E-state index contributed by atoms with van der Waals surface area (Å²) in [6.07, 6.45) is 0.249. The lowest BCUT2D eigenvalue weighted by molar-refractivity contribution is 0.000561. The summed E-state index contributed by atoms with van der Waals surface area (Å²) in [5.74, 6) is -0.457. The second-order valence-corrected chi connectivity index (χ2v) is 8.97. The summed E-state index contributed by atoms with van der Waals surface area (Å²) in [7, 11) is 0.233. The van der Waals surface area contributed by atoms with Crippen LogP contribution in [-0.4, -0.2) is 37.6 Å². The maximum absolute atomic E-state index is 15.5. The van der Waals surface area contributed by atoms with E-state index >= 15 is 4.39 Å². The van der Waals surface area contributed by atoms with Crippen molar-refractivity contribution in [3.05, 3.63) is 35.3 Å². The van der Waals surface area contributed by atoms with Crippen molar-refractivity contribution in [3.63, 3.8) is 0 Å². The van der Waals surface area contributed by atoms with Gasteiger partial charge in [-0.05, 0) is 78.2 Å². The first-order valence-electron chi connectivity index (χ1n) is 9.49. The molecule has 0 unspecified atom stereocenters. The van der Waals surface area contributed by atoms with Crippen LogP contribution in [0.15, 0.2) is 23.9 Å². The highest BCUT2D eigenvalue weighted by molar-refractivity contribution is 6.55. The molecule has 28 heavy (non-hydrogen) atoms. The third kappa shape index (κ3) is 5.13.